The van der Waals surface area contributed by atoms with Gasteiger partial charge < -0.3 is 10.2 Å². The Balaban J connectivity index is 1.55. The molecule has 0 bridgehead atoms. The third-order valence-electron chi connectivity index (χ3n) is 3.84. The van der Waals surface area contributed by atoms with E-state index in [0.717, 1.165) is 24.5 Å². The highest BCUT2D eigenvalue weighted by molar-refractivity contribution is 7.80. The van der Waals surface area contributed by atoms with E-state index in [2.05, 4.69) is 34.6 Å². The second-order valence-corrected chi connectivity index (χ2v) is 6.25. The van der Waals surface area contributed by atoms with E-state index < -0.39 is 0 Å². The Labute approximate surface area is 153 Å². The van der Waals surface area contributed by atoms with Crippen LogP contribution in [0.5, 0.6) is 0 Å². The van der Waals surface area contributed by atoms with Crippen LogP contribution in [0.2, 0.25) is 0 Å². The summed E-state index contributed by atoms with van der Waals surface area (Å²) < 4.78 is 3.80. The van der Waals surface area contributed by atoms with Crippen molar-refractivity contribution in [1.29, 1.82) is 0 Å². The number of hydrogen-bond acceptors (Lipinski definition) is 3. The molecule has 7 heteroatoms. The van der Waals surface area contributed by atoms with Crippen molar-refractivity contribution in [3.05, 3.63) is 66.2 Å². The first-order valence-electron chi connectivity index (χ1n) is 8.25. The van der Waals surface area contributed by atoms with Crippen LogP contribution < -0.4 is 5.32 Å². The summed E-state index contributed by atoms with van der Waals surface area (Å²) in [6.07, 6.45) is 5.72. The lowest BCUT2D eigenvalue weighted by atomic mass is 10.2. The van der Waals surface area contributed by atoms with Gasteiger partial charge in [0.2, 0.25) is 0 Å². The van der Waals surface area contributed by atoms with Crippen molar-refractivity contribution < 1.29 is 0 Å². The molecule has 0 unspecified atom stereocenters. The van der Waals surface area contributed by atoms with E-state index in [1.54, 1.807) is 6.20 Å². The highest BCUT2D eigenvalue weighted by Crippen LogP contribution is 2.10. The van der Waals surface area contributed by atoms with E-state index in [1.807, 2.05) is 58.0 Å². The fourth-order valence-electron chi connectivity index (χ4n) is 2.48. The Morgan fingerprint density at radius 1 is 1.20 bits per heavy atom. The van der Waals surface area contributed by atoms with Gasteiger partial charge in [0.25, 0.3) is 0 Å². The zero-order valence-electron chi connectivity index (χ0n) is 14.5. The maximum atomic E-state index is 5.48. The molecule has 3 aromatic rings. The molecule has 2 heterocycles. The van der Waals surface area contributed by atoms with Crippen LogP contribution >= 0.6 is 12.2 Å². The molecule has 0 saturated carbocycles. The minimum atomic E-state index is 0.644. The van der Waals surface area contributed by atoms with Gasteiger partial charge in [-0.25, -0.2) is 0 Å². The predicted molar refractivity (Wildman–Crippen MR) is 103 cm³/mol. The standard InChI is InChI=1S/C18H22N6S/c1-3-23-10-9-16(21-23)13-22(2)18(25)20-17-11-19-24(14-17)12-15-7-5-4-6-8-15/h4-11,14H,3,12-13H2,1-2H3,(H,20,25). The van der Waals surface area contributed by atoms with Crippen molar-refractivity contribution >= 4 is 23.0 Å². The molecule has 0 spiro atoms. The summed E-state index contributed by atoms with van der Waals surface area (Å²) in [5.74, 6) is 0. The molecule has 1 N–H and O–H groups in total. The molecule has 0 aliphatic rings. The summed E-state index contributed by atoms with van der Waals surface area (Å²) >= 11 is 5.48. The topological polar surface area (TPSA) is 50.9 Å². The van der Waals surface area contributed by atoms with Crippen molar-refractivity contribution in [3.63, 3.8) is 0 Å². The number of thiocarbonyl (C=S) groups is 1. The van der Waals surface area contributed by atoms with Crippen LogP contribution in [0.25, 0.3) is 0 Å². The van der Waals surface area contributed by atoms with Gasteiger partial charge in [-0.3, -0.25) is 9.36 Å². The lowest BCUT2D eigenvalue weighted by Gasteiger charge is -2.19. The minimum Gasteiger partial charge on any atom is -0.346 e. The van der Waals surface area contributed by atoms with Gasteiger partial charge in [0.15, 0.2) is 5.11 Å². The summed E-state index contributed by atoms with van der Waals surface area (Å²) in [4.78, 5) is 1.96. The molecule has 1 aromatic carbocycles. The highest BCUT2D eigenvalue weighted by atomic mass is 32.1. The van der Waals surface area contributed by atoms with Crippen molar-refractivity contribution in [2.24, 2.45) is 0 Å². The number of aryl methyl sites for hydroxylation is 1. The molecular weight excluding hydrogens is 332 g/mol. The van der Waals surface area contributed by atoms with Gasteiger partial charge in [-0.1, -0.05) is 30.3 Å². The molecule has 0 fully saturated rings. The summed E-state index contributed by atoms with van der Waals surface area (Å²) in [5, 5.41) is 12.7. The average Bonchev–Trinajstić information content (AvgIpc) is 3.25. The van der Waals surface area contributed by atoms with Crippen LogP contribution in [0, 0.1) is 0 Å². The van der Waals surface area contributed by atoms with Gasteiger partial charge in [0, 0.05) is 26.0 Å². The quantitative estimate of drug-likeness (QED) is 0.690. The smallest absolute Gasteiger partial charge is 0.173 e. The number of nitrogens with zero attached hydrogens (tertiary/aromatic N) is 5. The molecule has 0 saturated heterocycles. The first kappa shape index (κ1) is 17.2. The molecule has 0 aliphatic heterocycles. The van der Waals surface area contributed by atoms with Crippen molar-refractivity contribution in [2.75, 3.05) is 12.4 Å². The van der Waals surface area contributed by atoms with E-state index in [4.69, 9.17) is 12.2 Å². The summed E-state index contributed by atoms with van der Waals surface area (Å²) in [6.45, 7) is 4.34. The van der Waals surface area contributed by atoms with Crippen LogP contribution in [0.4, 0.5) is 5.69 Å². The number of rotatable bonds is 6. The fraction of sp³-hybridized carbons (Fsp3) is 0.278. The van der Waals surface area contributed by atoms with Crippen LogP contribution in [-0.4, -0.2) is 36.6 Å². The number of anilines is 1. The minimum absolute atomic E-state index is 0.644. The zero-order valence-corrected chi connectivity index (χ0v) is 15.3. The van der Waals surface area contributed by atoms with Crippen LogP contribution in [0.3, 0.4) is 0 Å². The van der Waals surface area contributed by atoms with Crippen molar-refractivity contribution in [2.45, 2.75) is 26.6 Å². The Morgan fingerprint density at radius 2 is 2.00 bits per heavy atom. The summed E-state index contributed by atoms with van der Waals surface area (Å²) in [7, 11) is 1.95. The van der Waals surface area contributed by atoms with Crippen LogP contribution in [-0.2, 0) is 19.6 Å². The van der Waals surface area contributed by atoms with Gasteiger partial charge in [-0.05, 0) is 30.8 Å². The molecule has 25 heavy (non-hydrogen) atoms. The summed E-state index contributed by atoms with van der Waals surface area (Å²) in [5.41, 5.74) is 3.09. The maximum Gasteiger partial charge on any atom is 0.173 e. The SMILES string of the molecule is CCn1ccc(CN(C)C(=S)Nc2cnn(Cc3ccccc3)c2)n1. The Hall–Kier alpha value is -2.67. The third kappa shape index (κ3) is 4.67. The van der Waals surface area contributed by atoms with E-state index in [0.29, 0.717) is 11.7 Å². The van der Waals surface area contributed by atoms with Gasteiger partial charge in [-0.2, -0.15) is 10.2 Å². The molecule has 0 amide bonds. The monoisotopic (exact) mass is 354 g/mol. The highest BCUT2D eigenvalue weighted by Gasteiger charge is 2.09. The molecular formula is C18H22N6S. The maximum absolute atomic E-state index is 5.48. The zero-order chi connectivity index (χ0) is 17.6. The van der Waals surface area contributed by atoms with Gasteiger partial charge in [-0.15, -0.1) is 0 Å². The van der Waals surface area contributed by atoms with E-state index in [9.17, 15) is 0 Å². The summed E-state index contributed by atoms with van der Waals surface area (Å²) in [6, 6.07) is 12.3. The first-order valence-corrected chi connectivity index (χ1v) is 8.65. The Morgan fingerprint density at radius 3 is 2.72 bits per heavy atom. The number of hydrogen-bond donors (Lipinski definition) is 1. The van der Waals surface area contributed by atoms with E-state index in [-0.39, 0.29) is 0 Å². The lowest BCUT2D eigenvalue weighted by Crippen LogP contribution is -2.30. The first-order chi connectivity index (χ1) is 12.1. The van der Waals surface area contributed by atoms with Crippen molar-refractivity contribution in [1.82, 2.24) is 24.5 Å². The molecule has 0 atom stereocenters. The number of benzene rings is 1. The van der Waals surface area contributed by atoms with Gasteiger partial charge >= 0.3 is 0 Å². The largest absolute Gasteiger partial charge is 0.346 e. The molecule has 6 nitrogen and oxygen atoms in total. The average molecular weight is 354 g/mol. The molecule has 130 valence electrons. The second-order valence-electron chi connectivity index (χ2n) is 5.86. The Bertz CT molecular complexity index is 823. The molecule has 0 radical (unpaired) electrons. The van der Waals surface area contributed by atoms with Gasteiger partial charge in [0.1, 0.15) is 0 Å². The van der Waals surface area contributed by atoms with Crippen molar-refractivity contribution in [3.8, 4) is 0 Å². The van der Waals surface area contributed by atoms with Crippen LogP contribution in [0.1, 0.15) is 18.2 Å². The second kappa shape index (κ2) is 7.94. The number of nitrogens with one attached hydrogen (secondary N) is 1. The Kier molecular flexibility index (Phi) is 5.45. The van der Waals surface area contributed by atoms with E-state index >= 15 is 0 Å². The lowest BCUT2D eigenvalue weighted by molar-refractivity contribution is 0.492. The third-order valence-corrected chi connectivity index (χ3v) is 4.25. The van der Waals surface area contributed by atoms with Gasteiger partial charge in [0.05, 0.1) is 30.7 Å². The van der Waals surface area contributed by atoms with E-state index in [1.165, 1.54) is 5.56 Å². The van der Waals surface area contributed by atoms with Crippen LogP contribution in [0.15, 0.2) is 55.0 Å². The predicted octanol–water partition coefficient (Wildman–Crippen LogP) is 2.98. The fourth-order valence-corrected chi connectivity index (χ4v) is 2.67. The number of aromatic nitrogens is 4. The normalized spacial score (nSPS) is 10.6. The molecule has 0 aliphatic carbocycles. The molecule has 3 rings (SSSR count). The molecule has 2 aromatic heterocycles.